The predicted octanol–water partition coefficient (Wildman–Crippen LogP) is 3.40. The summed E-state index contributed by atoms with van der Waals surface area (Å²) in [6, 6.07) is -1.40. The summed E-state index contributed by atoms with van der Waals surface area (Å²) in [5, 5.41) is 21.0. The maximum atomic E-state index is 15.3. The van der Waals surface area contributed by atoms with E-state index >= 15 is 4.39 Å². The molecule has 0 saturated heterocycles. The van der Waals surface area contributed by atoms with E-state index in [1.807, 2.05) is 0 Å². The van der Waals surface area contributed by atoms with Crippen molar-refractivity contribution in [3.05, 3.63) is 0 Å². The van der Waals surface area contributed by atoms with E-state index in [1.165, 1.54) is 0 Å². The molecule has 0 amide bonds. The largest absolute Gasteiger partial charge is 0.480 e. The lowest BCUT2D eigenvalue weighted by molar-refractivity contribution is -0.183. The van der Waals surface area contributed by atoms with Gasteiger partial charge in [-0.2, -0.15) is 0 Å². The molecule has 3 aliphatic carbocycles. The van der Waals surface area contributed by atoms with Crippen molar-refractivity contribution in [1.29, 1.82) is 0 Å². The molecule has 6 nitrogen and oxygen atoms in total. The molecule has 3 rings (SSSR count). The fourth-order valence-corrected chi connectivity index (χ4v) is 7.89. The molecule has 178 valence electrons. The van der Waals surface area contributed by atoms with Crippen LogP contribution in [0.3, 0.4) is 0 Å². The van der Waals surface area contributed by atoms with E-state index in [1.54, 1.807) is 0 Å². The Bertz CT molecular complexity index is 687. The van der Waals surface area contributed by atoms with Crippen LogP contribution in [-0.4, -0.2) is 47.1 Å². The number of hydrogen-bond acceptors (Lipinski definition) is 5. The van der Waals surface area contributed by atoms with Crippen LogP contribution >= 0.6 is 0 Å². The van der Waals surface area contributed by atoms with Crippen LogP contribution in [0.4, 0.5) is 4.39 Å². The molecule has 2 bridgehead atoms. The number of fused-ring (bicyclic) bond motifs is 3. The molecule has 11 atom stereocenters. The molecule has 7 heteroatoms. The van der Waals surface area contributed by atoms with Gasteiger partial charge in [0.25, 0.3) is 6.47 Å². The predicted molar refractivity (Wildman–Crippen MR) is 115 cm³/mol. The molecule has 3 saturated carbocycles. The maximum Gasteiger partial charge on any atom is 0.324 e. The van der Waals surface area contributed by atoms with E-state index in [2.05, 4.69) is 34.6 Å². The molecule has 0 aromatic carbocycles. The van der Waals surface area contributed by atoms with Crippen molar-refractivity contribution in [2.45, 2.75) is 91.1 Å². The zero-order valence-electron chi connectivity index (χ0n) is 19.5. The highest BCUT2D eigenvalue weighted by atomic mass is 19.1. The summed E-state index contributed by atoms with van der Waals surface area (Å²) in [6.45, 7) is 10.9. The monoisotopic (exact) mass is 441 g/mol. The van der Waals surface area contributed by atoms with E-state index in [0.29, 0.717) is 25.2 Å². The third-order valence-electron chi connectivity index (χ3n) is 9.67. The van der Waals surface area contributed by atoms with Crippen LogP contribution in [0.1, 0.15) is 66.7 Å². The summed E-state index contributed by atoms with van der Waals surface area (Å²) in [7, 11) is 0. The van der Waals surface area contributed by atoms with Crippen LogP contribution < -0.4 is 5.73 Å². The van der Waals surface area contributed by atoms with Crippen LogP contribution in [0, 0.1) is 46.3 Å². The number of carboxylic acids is 1. The Morgan fingerprint density at radius 3 is 2.32 bits per heavy atom. The minimum atomic E-state index is -1.40. The van der Waals surface area contributed by atoms with Gasteiger partial charge < -0.3 is 20.7 Å². The Hall–Kier alpha value is -1.21. The van der Waals surface area contributed by atoms with Gasteiger partial charge in [0.15, 0.2) is 0 Å². The van der Waals surface area contributed by atoms with Gasteiger partial charge >= 0.3 is 5.97 Å². The lowest BCUT2D eigenvalue weighted by Gasteiger charge is -2.60. The third kappa shape index (κ3) is 4.01. The van der Waals surface area contributed by atoms with Gasteiger partial charge in [-0.3, -0.25) is 9.59 Å². The molecule has 0 heterocycles. The van der Waals surface area contributed by atoms with E-state index in [-0.39, 0.29) is 35.6 Å². The molecular formula is C24H40FNO5. The van der Waals surface area contributed by atoms with Crippen LogP contribution in [0.5, 0.6) is 0 Å². The Morgan fingerprint density at radius 1 is 1.13 bits per heavy atom. The molecule has 4 N–H and O–H groups in total. The third-order valence-corrected chi connectivity index (χ3v) is 9.67. The fraction of sp³-hybridized carbons (Fsp3) is 0.917. The number of hydrogen-bond donors (Lipinski definition) is 3. The standard InChI is InChI=1S/C24H40FNO5/c1-12-8-14(20(31-11-27)19(26)22(29)30)21(28)24(5)7-6-15-13(2)9-18(25)17(10-16(12)24)23(15,3)4/h11-21,28H,6-10,26H2,1-5H3,(H,29,30)/t12-,13-,14?,15+,16-,17-,18?,19?,20?,21?,24+/m1/s1. The lowest BCUT2D eigenvalue weighted by Crippen LogP contribution is -2.61. The fourth-order valence-electron chi connectivity index (χ4n) is 7.89. The molecule has 0 aromatic heterocycles. The lowest BCUT2D eigenvalue weighted by atomic mass is 9.46. The molecule has 0 spiro atoms. The Labute approximate surface area is 185 Å². The summed E-state index contributed by atoms with van der Waals surface area (Å²) in [5.41, 5.74) is 5.23. The minimum Gasteiger partial charge on any atom is -0.480 e. The van der Waals surface area contributed by atoms with Crippen molar-refractivity contribution in [3.8, 4) is 0 Å². The van der Waals surface area contributed by atoms with Gasteiger partial charge in [-0.05, 0) is 72.5 Å². The molecular weight excluding hydrogens is 401 g/mol. The van der Waals surface area contributed by atoms with Crippen LogP contribution in [-0.2, 0) is 14.3 Å². The van der Waals surface area contributed by atoms with Gasteiger partial charge in [-0.15, -0.1) is 0 Å². The summed E-state index contributed by atoms with van der Waals surface area (Å²) >= 11 is 0. The van der Waals surface area contributed by atoms with Crippen molar-refractivity contribution in [2.24, 2.45) is 52.1 Å². The number of carbonyl (C=O) groups is 2. The summed E-state index contributed by atoms with van der Waals surface area (Å²) in [6.07, 6.45) is 0.650. The van der Waals surface area contributed by atoms with E-state index in [4.69, 9.17) is 10.5 Å². The quantitative estimate of drug-likeness (QED) is 0.564. The number of halogens is 1. The number of nitrogens with two attached hydrogens (primary N) is 1. The molecule has 3 fully saturated rings. The van der Waals surface area contributed by atoms with Crippen molar-refractivity contribution in [2.75, 3.05) is 0 Å². The first-order valence-electron chi connectivity index (χ1n) is 11.8. The van der Waals surface area contributed by atoms with Crippen molar-refractivity contribution in [3.63, 3.8) is 0 Å². The SMILES string of the molecule is C[C@@H]1CC(C(OC=O)C(N)C(=O)O)C(O)[C@@]2(C)CC[C@H]3[C@H](C)CC(F)[C@@H](C[C@H]12)C3(C)C. The second-order valence-corrected chi connectivity index (χ2v) is 11.5. The number of carboxylic acid groups (broad SMARTS) is 1. The van der Waals surface area contributed by atoms with Gasteiger partial charge in [-0.1, -0.05) is 34.6 Å². The van der Waals surface area contributed by atoms with Crippen LogP contribution in [0.15, 0.2) is 0 Å². The van der Waals surface area contributed by atoms with Gasteiger partial charge in [0, 0.05) is 5.92 Å². The second kappa shape index (κ2) is 8.62. The number of carbonyl (C=O) groups excluding carboxylic acids is 1. The molecule has 31 heavy (non-hydrogen) atoms. The average Bonchev–Trinajstić information content (AvgIpc) is 2.66. The number of ether oxygens (including phenoxy) is 1. The highest BCUT2D eigenvalue weighted by Crippen LogP contribution is 2.61. The zero-order valence-corrected chi connectivity index (χ0v) is 19.5. The number of alkyl halides is 1. The number of aliphatic hydroxyl groups excluding tert-OH is 1. The highest BCUT2D eigenvalue weighted by Gasteiger charge is 2.59. The van der Waals surface area contributed by atoms with Gasteiger partial charge in [0.1, 0.15) is 18.3 Å². The normalized spacial score (nSPS) is 46.6. The van der Waals surface area contributed by atoms with Crippen LogP contribution in [0.2, 0.25) is 0 Å². The van der Waals surface area contributed by atoms with Gasteiger partial charge in [0.05, 0.1) is 6.10 Å². The molecule has 0 radical (unpaired) electrons. The summed E-state index contributed by atoms with van der Waals surface area (Å²) in [5.74, 6) is -1.02. The Morgan fingerprint density at radius 2 is 1.74 bits per heavy atom. The van der Waals surface area contributed by atoms with Gasteiger partial charge in [0.2, 0.25) is 0 Å². The first kappa shape index (κ1) is 24.4. The second-order valence-electron chi connectivity index (χ2n) is 11.5. The van der Waals surface area contributed by atoms with Crippen LogP contribution in [0.25, 0.3) is 0 Å². The maximum absolute atomic E-state index is 15.3. The Balaban J connectivity index is 1.97. The number of aliphatic hydroxyl groups is 1. The van der Waals surface area contributed by atoms with E-state index in [9.17, 15) is 19.8 Å². The molecule has 0 aliphatic heterocycles. The van der Waals surface area contributed by atoms with Crippen molar-refractivity contribution < 1.29 is 28.9 Å². The molecule has 5 unspecified atom stereocenters. The van der Waals surface area contributed by atoms with Crippen molar-refractivity contribution >= 4 is 12.4 Å². The van der Waals surface area contributed by atoms with E-state index < -0.39 is 41.7 Å². The number of rotatable bonds is 5. The smallest absolute Gasteiger partial charge is 0.324 e. The van der Waals surface area contributed by atoms with Crippen molar-refractivity contribution in [1.82, 2.24) is 0 Å². The average molecular weight is 442 g/mol. The first-order valence-corrected chi connectivity index (χ1v) is 11.8. The number of aliphatic carboxylic acids is 1. The Kier molecular flexibility index (Phi) is 6.79. The van der Waals surface area contributed by atoms with E-state index in [0.717, 1.165) is 12.8 Å². The topological polar surface area (TPSA) is 110 Å². The summed E-state index contributed by atoms with van der Waals surface area (Å²) < 4.78 is 20.5. The van der Waals surface area contributed by atoms with Gasteiger partial charge in [-0.25, -0.2) is 4.39 Å². The zero-order chi connectivity index (χ0) is 23.3. The minimum absolute atomic E-state index is 0.0622. The highest BCUT2D eigenvalue weighted by molar-refractivity contribution is 5.74. The molecule has 3 aliphatic rings. The summed E-state index contributed by atoms with van der Waals surface area (Å²) in [4.78, 5) is 22.7. The molecule has 0 aromatic rings. The first-order chi connectivity index (χ1) is 14.4.